The maximum Gasteiger partial charge on any atom is 0.138 e. The van der Waals surface area contributed by atoms with Crippen LogP contribution in [0, 0.1) is 11.8 Å². The van der Waals surface area contributed by atoms with Gasteiger partial charge in [-0.2, -0.15) is 0 Å². The van der Waals surface area contributed by atoms with Crippen molar-refractivity contribution in [3.05, 3.63) is 77.9 Å². The molecule has 1 aromatic heterocycles. The van der Waals surface area contributed by atoms with Crippen molar-refractivity contribution >= 4 is 28.5 Å². The van der Waals surface area contributed by atoms with Crippen LogP contribution in [0.1, 0.15) is 48.7 Å². The van der Waals surface area contributed by atoms with Gasteiger partial charge in [0.05, 0.1) is 19.1 Å². The Morgan fingerprint density at radius 2 is 1.81 bits per heavy atom. The number of ether oxygens (including phenoxy) is 1. The second kappa shape index (κ2) is 10.7. The summed E-state index contributed by atoms with van der Waals surface area (Å²) >= 11 is 2.23. The smallest absolute Gasteiger partial charge is 0.138 e. The van der Waals surface area contributed by atoms with E-state index in [-0.39, 0.29) is 6.10 Å². The van der Waals surface area contributed by atoms with Gasteiger partial charge in [-0.3, -0.25) is 0 Å². The molecule has 0 N–H and O–H groups in total. The van der Waals surface area contributed by atoms with Crippen molar-refractivity contribution in [2.24, 2.45) is 0 Å². The molecular formula is C25H26IN2O2P. The van der Waals surface area contributed by atoms with Crippen LogP contribution >= 0.6 is 28.5 Å². The third-order valence-corrected chi connectivity index (χ3v) is 7.05. The quantitative estimate of drug-likeness (QED) is 0.193. The zero-order valence-corrected chi connectivity index (χ0v) is 20.9. The Hall–Kier alpha value is -1.71. The van der Waals surface area contributed by atoms with Crippen LogP contribution in [0.15, 0.2) is 60.9 Å². The number of aromatic nitrogens is 2. The molecule has 2 unspecified atom stereocenters. The van der Waals surface area contributed by atoms with Crippen LogP contribution in [0.3, 0.4) is 0 Å². The SMILES string of the molecule is COC1CC(c2ccc(-c3ccc(C#CCn4ccnc4C(C)OPI)cc3)cc2)C1. The molecule has 0 spiro atoms. The van der Waals surface area contributed by atoms with Crippen molar-refractivity contribution in [1.82, 2.24) is 9.55 Å². The van der Waals surface area contributed by atoms with Gasteiger partial charge >= 0.3 is 0 Å². The van der Waals surface area contributed by atoms with E-state index >= 15 is 0 Å². The zero-order valence-electron chi connectivity index (χ0n) is 17.7. The van der Waals surface area contributed by atoms with Crippen molar-refractivity contribution in [3.8, 4) is 23.0 Å². The third-order valence-electron chi connectivity index (χ3n) is 5.84. The molecule has 0 bridgehead atoms. The summed E-state index contributed by atoms with van der Waals surface area (Å²) in [5, 5.41) is 0. The molecule has 1 aliphatic carbocycles. The molecule has 1 saturated carbocycles. The number of rotatable bonds is 7. The molecule has 0 saturated heterocycles. The minimum absolute atomic E-state index is 0.0246. The van der Waals surface area contributed by atoms with Crippen molar-refractivity contribution in [2.45, 2.75) is 44.4 Å². The molecule has 2 atom stereocenters. The number of hydrogen-bond acceptors (Lipinski definition) is 3. The van der Waals surface area contributed by atoms with Gasteiger partial charge in [0.15, 0.2) is 0 Å². The van der Waals surface area contributed by atoms with E-state index in [0.29, 0.717) is 25.0 Å². The lowest BCUT2D eigenvalue weighted by atomic mass is 9.77. The van der Waals surface area contributed by atoms with Gasteiger partial charge in [-0.1, -0.05) is 48.2 Å². The Morgan fingerprint density at radius 3 is 2.45 bits per heavy atom. The largest absolute Gasteiger partial charge is 0.381 e. The predicted molar refractivity (Wildman–Crippen MR) is 136 cm³/mol. The molecule has 0 aliphatic heterocycles. The van der Waals surface area contributed by atoms with E-state index < -0.39 is 0 Å². The minimum Gasteiger partial charge on any atom is -0.381 e. The Labute approximate surface area is 199 Å². The lowest BCUT2D eigenvalue weighted by Crippen LogP contribution is -2.28. The van der Waals surface area contributed by atoms with Gasteiger partial charge in [-0.15, -0.1) is 0 Å². The highest BCUT2D eigenvalue weighted by molar-refractivity contribution is 14.2. The van der Waals surface area contributed by atoms with Crippen LogP contribution in [0.2, 0.25) is 0 Å². The summed E-state index contributed by atoms with van der Waals surface area (Å²) in [5.41, 5.74) is 4.87. The second-order valence-corrected chi connectivity index (χ2v) is 9.49. The molecule has 1 fully saturated rings. The number of benzene rings is 2. The molecule has 0 amide bonds. The molecule has 4 nitrogen and oxygen atoms in total. The van der Waals surface area contributed by atoms with E-state index in [4.69, 9.17) is 9.26 Å². The minimum atomic E-state index is -0.0246. The Bertz CT molecular complexity index is 1050. The van der Waals surface area contributed by atoms with Crippen LogP contribution in [-0.2, 0) is 15.8 Å². The molecule has 0 radical (unpaired) electrons. The average molecular weight is 544 g/mol. The lowest BCUT2D eigenvalue weighted by Gasteiger charge is -2.34. The molecule has 160 valence electrons. The van der Waals surface area contributed by atoms with Gasteiger partial charge in [0.25, 0.3) is 0 Å². The first-order valence-corrected chi connectivity index (χ1v) is 14.4. The normalized spacial score (nSPS) is 19.1. The zero-order chi connectivity index (χ0) is 21.6. The van der Waals surface area contributed by atoms with E-state index in [0.717, 1.165) is 24.2 Å². The number of methoxy groups -OCH3 is 1. The van der Waals surface area contributed by atoms with Crippen LogP contribution in [0.4, 0.5) is 0 Å². The van der Waals surface area contributed by atoms with Crippen molar-refractivity contribution in [1.29, 1.82) is 0 Å². The summed E-state index contributed by atoms with van der Waals surface area (Å²) in [4.78, 5) is 4.40. The topological polar surface area (TPSA) is 36.3 Å². The highest BCUT2D eigenvalue weighted by atomic mass is 127. The van der Waals surface area contributed by atoms with Gasteiger partial charge in [-0.05, 0) is 76.5 Å². The fourth-order valence-corrected chi connectivity index (χ4v) is 5.27. The summed E-state index contributed by atoms with van der Waals surface area (Å²) in [7, 11) is 1.80. The summed E-state index contributed by atoms with van der Waals surface area (Å²) in [5.74, 6) is 8.06. The van der Waals surface area contributed by atoms with Crippen molar-refractivity contribution in [3.63, 3.8) is 0 Å². The highest BCUT2D eigenvalue weighted by Gasteiger charge is 2.29. The van der Waals surface area contributed by atoms with Gasteiger partial charge < -0.3 is 13.8 Å². The first-order valence-electron chi connectivity index (χ1n) is 10.4. The molecule has 4 rings (SSSR count). The van der Waals surface area contributed by atoms with E-state index in [1.807, 2.05) is 17.7 Å². The van der Waals surface area contributed by atoms with E-state index in [1.54, 1.807) is 13.3 Å². The van der Waals surface area contributed by atoms with E-state index in [2.05, 4.69) is 87.4 Å². The molecule has 2 aromatic carbocycles. The first kappa shape index (κ1) is 22.5. The van der Waals surface area contributed by atoms with Crippen LogP contribution in [-0.4, -0.2) is 22.8 Å². The molecule has 1 heterocycles. The van der Waals surface area contributed by atoms with Crippen LogP contribution in [0.5, 0.6) is 0 Å². The Morgan fingerprint density at radius 1 is 1.13 bits per heavy atom. The monoisotopic (exact) mass is 544 g/mol. The number of nitrogens with zero attached hydrogens (tertiary/aromatic N) is 2. The van der Waals surface area contributed by atoms with Crippen LogP contribution < -0.4 is 0 Å². The maximum atomic E-state index is 5.66. The fraction of sp³-hybridized carbons (Fsp3) is 0.320. The predicted octanol–water partition coefficient (Wildman–Crippen LogP) is 6.52. The summed E-state index contributed by atoms with van der Waals surface area (Å²) < 4.78 is 13.1. The average Bonchev–Trinajstić information content (AvgIpc) is 3.23. The third kappa shape index (κ3) is 5.56. The maximum absolute atomic E-state index is 5.66. The van der Waals surface area contributed by atoms with Crippen molar-refractivity contribution in [2.75, 3.05) is 7.11 Å². The summed E-state index contributed by atoms with van der Waals surface area (Å²) in [6.45, 7) is 3.03. The number of hydrogen-bond donors (Lipinski definition) is 0. The molecule has 1 aliphatic rings. The number of imidazole rings is 1. The standard InChI is InChI=1S/C25H26IN2O2P/c1-18(30-31-26)25-27-13-15-28(25)14-3-4-19-5-7-20(8-6-19)21-9-11-22(12-10-21)23-16-24(17-23)29-2/h5-13,15,18,23-24,31H,14,16-17H2,1-2H3. The fourth-order valence-electron chi connectivity index (χ4n) is 3.88. The van der Waals surface area contributed by atoms with Gasteiger partial charge in [0.1, 0.15) is 11.9 Å². The van der Waals surface area contributed by atoms with Gasteiger partial charge in [-0.25, -0.2) is 4.98 Å². The lowest BCUT2D eigenvalue weighted by molar-refractivity contribution is 0.0258. The van der Waals surface area contributed by atoms with Crippen molar-refractivity contribution < 1.29 is 9.26 Å². The number of halogens is 1. The highest BCUT2D eigenvalue weighted by Crippen LogP contribution is 2.39. The summed E-state index contributed by atoms with van der Waals surface area (Å²) in [6.07, 6.45) is 6.43. The second-order valence-electron chi connectivity index (χ2n) is 7.78. The molecule has 6 heteroatoms. The van der Waals surface area contributed by atoms with E-state index in [1.165, 1.54) is 16.7 Å². The van der Waals surface area contributed by atoms with Crippen LogP contribution in [0.25, 0.3) is 11.1 Å². The van der Waals surface area contributed by atoms with Gasteiger partial charge in [0.2, 0.25) is 0 Å². The Kier molecular flexibility index (Phi) is 7.79. The summed E-state index contributed by atoms with van der Waals surface area (Å²) in [6, 6.07) is 17.4. The Balaban J connectivity index is 1.37. The first-order chi connectivity index (χ1) is 15.2. The van der Waals surface area contributed by atoms with E-state index in [9.17, 15) is 0 Å². The molecule has 31 heavy (non-hydrogen) atoms. The molecular weight excluding hydrogens is 518 g/mol. The molecule has 3 aromatic rings. The van der Waals surface area contributed by atoms with Gasteiger partial charge in [0, 0.05) is 25.1 Å².